The van der Waals surface area contributed by atoms with Gasteiger partial charge >= 0.3 is 0 Å². The molecular formula is C25H24N8O6S. The summed E-state index contributed by atoms with van der Waals surface area (Å²) in [7, 11) is -0.949. The minimum Gasteiger partial charge on any atom is -0.505 e. The van der Waals surface area contributed by atoms with Gasteiger partial charge in [0.25, 0.3) is 0 Å². The number of imidazole rings is 1. The number of pyridine rings is 1. The van der Waals surface area contributed by atoms with Crippen LogP contribution in [-0.2, 0) is 15.8 Å². The zero-order valence-electron chi connectivity index (χ0n) is 21.6. The van der Waals surface area contributed by atoms with Crippen molar-refractivity contribution in [2.45, 2.75) is 12.7 Å². The molecule has 5 aromatic rings. The van der Waals surface area contributed by atoms with Crippen LogP contribution < -0.4 is 18.9 Å². The molecule has 40 heavy (non-hydrogen) atoms. The molecule has 0 saturated heterocycles. The Morgan fingerprint density at radius 2 is 1.68 bits per heavy atom. The molecule has 15 heteroatoms. The third-order valence-electron chi connectivity index (χ3n) is 5.56. The van der Waals surface area contributed by atoms with Gasteiger partial charge in [0.1, 0.15) is 34.5 Å². The van der Waals surface area contributed by atoms with Crippen molar-refractivity contribution in [3.05, 3.63) is 60.7 Å². The number of nitrogens with one attached hydrogen (secondary N) is 1. The standard InChI is InChI=1S/C25H24N8O6S/c1-4-39-22-10-5-7-16(28-22)25-29-24-17(33(25)23-18(37-2)8-6-9-19(23)38-3)11-20(30-31-24)32-40(35,36)14-21-26-12-15(34)13-27-21/h5-13,34H,4,14H2,1-3H3,(H,30,32). The van der Waals surface area contributed by atoms with E-state index in [2.05, 4.69) is 34.9 Å². The second kappa shape index (κ2) is 11.0. The van der Waals surface area contributed by atoms with Gasteiger partial charge in [-0.25, -0.2) is 28.4 Å². The summed E-state index contributed by atoms with van der Waals surface area (Å²) in [5.41, 5.74) is 1.57. The van der Waals surface area contributed by atoms with Gasteiger partial charge in [0.05, 0.1) is 38.7 Å². The molecule has 0 aliphatic heterocycles. The molecule has 0 fully saturated rings. The number of aromatic nitrogens is 7. The van der Waals surface area contributed by atoms with Crippen LogP contribution in [0.4, 0.5) is 5.82 Å². The molecule has 1 aromatic carbocycles. The Balaban J connectivity index is 1.66. The lowest BCUT2D eigenvalue weighted by atomic mass is 10.2. The van der Waals surface area contributed by atoms with E-state index in [0.29, 0.717) is 46.7 Å². The monoisotopic (exact) mass is 564 g/mol. The van der Waals surface area contributed by atoms with Gasteiger partial charge in [0.15, 0.2) is 17.4 Å². The topological polar surface area (TPSA) is 176 Å². The molecule has 0 aliphatic rings. The van der Waals surface area contributed by atoms with Gasteiger partial charge in [-0.1, -0.05) is 12.1 Å². The van der Waals surface area contributed by atoms with E-state index in [-0.39, 0.29) is 23.0 Å². The first kappa shape index (κ1) is 26.6. The van der Waals surface area contributed by atoms with Crippen molar-refractivity contribution in [2.75, 3.05) is 25.5 Å². The van der Waals surface area contributed by atoms with E-state index in [4.69, 9.17) is 14.2 Å². The summed E-state index contributed by atoms with van der Waals surface area (Å²) < 4.78 is 46.7. The zero-order valence-corrected chi connectivity index (χ0v) is 22.5. The number of sulfonamides is 1. The fourth-order valence-corrected chi connectivity index (χ4v) is 4.92. The fraction of sp³-hybridized carbons (Fsp3) is 0.200. The van der Waals surface area contributed by atoms with Crippen LogP contribution in [0.3, 0.4) is 0 Å². The highest BCUT2D eigenvalue weighted by atomic mass is 32.2. The average molecular weight is 565 g/mol. The third-order valence-corrected chi connectivity index (χ3v) is 6.72. The number of aromatic hydroxyl groups is 1. The van der Waals surface area contributed by atoms with Crippen LogP contribution in [0.5, 0.6) is 23.1 Å². The maximum atomic E-state index is 12.9. The molecule has 5 rings (SSSR count). The highest BCUT2D eigenvalue weighted by molar-refractivity contribution is 7.91. The number of para-hydroxylation sites is 1. The molecule has 2 N–H and O–H groups in total. The molecule has 0 amide bonds. The van der Waals surface area contributed by atoms with Crippen LogP contribution in [0, 0.1) is 0 Å². The first-order valence-corrected chi connectivity index (χ1v) is 13.5. The third kappa shape index (κ3) is 5.40. The molecule has 0 unspecified atom stereocenters. The molecule has 0 aliphatic carbocycles. The number of hydrogen-bond acceptors (Lipinski definition) is 12. The highest BCUT2D eigenvalue weighted by Crippen LogP contribution is 2.38. The Hall–Kier alpha value is -5.05. The quantitative estimate of drug-likeness (QED) is 0.254. The highest BCUT2D eigenvalue weighted by Gasteiger charge is 2.24. The van der Waals surface area contributed by atoms with E-state index in [1.165, 1.54) is 20.3 Å². The maximum absolute atomic E-state index is 12.9. The van der Waals surface area contributed by atoms with Gasteiger partial charge in [-0.05, 0) is 25.1 Å². The second-order valence-electron chi connectivity index (χ2n) is 8.23. The van der Waals surface area contributed by atoms with E-state index in [1.807, 2.05) is 6.92 Å². The van der Waals surface area contributed by atoms with Gasteiger partial charge in [0, 0.05) is 12.1 Å². The summed E-state index contributed by atoms with van der Waals surface area (Å²) in [5.74, 6) is 0.893. The minimum absolute atomic E-state index is 0.00863. The molecule has 4 heterocycles. The van der Waals surface area contributed by atoms with E-state index < -0.39 is 15.8 Å². The first-order chi connectivity index (χ1) is 19.3. The van der Waals surface area contributed by atoms with Gasteiger partial charge in [0.2, 0.25) is 21.6 Å². The Bertz CT molecular complexity index is 1750. The molecule has 0 atom stereocenters. The maximum Gasteiger partial charge on any atom is 0.241 e. The van der Waals surface area contributed by atoms with Crippen LogP contribution in [0.1, 0.15) is 12.7 Å². The molecule has 14 nitrogen and oxygen atoms in total. The van der Waals surface area contributed by atoms with Crippen LogP contribution in [0.25, 0.3) is 28.4 Å². The molecule has 4 aromatic heterocycles. The normalized spacial score (nSPS) is 11.4. The predicted octanol–water partition coefficient (Wildman–Crippen LogP) is 2.73. The van der Waals surface area contributed by atoms with Crippen molar-refractivity contribution in [2.24, 2.45) is 0 Å². The number of fused-ring (bicyclic) bond motifs is 1. The van der Waals surface area contributed by atoms with Crippen LogP contribution in [-0.4, -0.2) is 69.1 Å². The van der Waals surface area contributed by atoms with E-state index in [1.54, 1.807) is 41.0 Å². The molecule has 0 spiro atoms. The summed E-state index contributed by atoms with van der Waals surface area (Å²) in [6, 6.07) is 12.1. The van der Waals surface area contributed by atoms with Crippen LogP contribution in [0.15, 0.2) is 54.9 Å². The fourth-order valence-electron chi connectivity index (χ4n) is 3.94. The minimum atomic E-state index is -4.00. The molecule has 206 valence electrons. The Morgan fingerprint density at radius 1 is 0.975 bits per heavy atom. The predicted molar refractivity (Wildman–Crippen MR) is 144 cm³/mol. The van der Waals surface area contributed by atoms with E-state index in [9.17, 15) is 13.5 Å². The van der Waals surface area contributed by atoms with Gasteiger partial charge in [-0.2, -0.15) is 0 Å². The van der Waals surface area contributed by atoms with Gasteiger partial charge < -0.3 is 19.3 Å². The van der Waals surface area contributed by atoms with Gasteiger partial charge in [-0.3, -0.25) is 9.29 Å². The van der Waals surface area contributed by atoms with Crippen molar-refractivity contribution >= 4 is 27.0 Å². The second-order valence-corrected chi connectivity index (χ2v) is 9.96. The smallest absolute Gasteiger partial charge is 0.241 e. The van der Waals surface area contributed by atoms with E-state index >= 15 is 0 Å². The summed E-state index contributed by atoms with van der Waals surface area (Å²) >= 11 is 0. The Morgan fingerprint density at radius 3 is 2.35 bits per heavy atom. The van der Waals surface area contributed by atoms with Gasteiger partial charge in [-0.15, -0.1) is 10.2 Å². The number of benzene rings is 1. The van der Waals surface area contributed by atoms with Crippen molar-refractivity contribution in [3.8, 4) is 40.3 Å². The molecule has 0 saturated carbocycles. The van der Waals surface area contributed by atoms with Crippen molar-refractivity contribution < 1.29 is 27.7 Å². The number of hydrogen-bond donors (Lipinski definition) is 2. The largest absolute Gasteiger partial charge is 0.505 e. The van der Waals surface area contributed by atoms with Crippen LogP contribution in [0.2, 0.25) is 0 Å². The number of nitrogens with zero attached hydrogens (tertiary/aromatic N) is 7. The lowest BCUT2D eigenvalue weighted by Crippen LogP contribution is -2.17. The average Bonchev–Trinajstić information content (AvgIpc) is 3.32. The SMILES string of the molecule is CCOc1cccc(-c2nc3nnc(NS(=O)(=O)Cc4ncc(O)cn4)cc3n2-c2c(OC)cccc2OC)n1. The Kier molecular flexibility index (Phi) is 7.29. The summed E-state index contributed by atoms with van der Waals surface area (Å²) in [6.45, 7) is 2.28. The molecular weight excluding hydrogens is 540 g/mol. The number of ether oxygens (including phenoxy) is 3. The summed E-state index contributed by atoms with van der Waals surface area (Å²) in [5, 5.41) is 17.6. The number of methoxy groups -OCH3 is 2. The summed E-state index contributed by atoms with van der Waals surface area (Å²) in [6.07, 6.45) is 2.22. The molecule has 0 bridgehead atoms. The van der Waals surface area contributed by atoms with Crippen LogP contribution >= 0.6 is 0 Å². The number of rotatable bonds is 10. The summed E-state index contributed by atoms with van der Waals surface area (Å²) in [4.78, 5) is 16.9. The molecule has 0 radical (unpaired) electrons. The lowest BCUT2D eigenvalue weighted by Gasteiger charge is -2.17. The first-order valence-electron chi connectivity index (χ1n) is 11.9. The van der Waals surface area contributed by atoms with Crippen molar-refractivity contribution in [3.63, 3.8) is 0 Å². The lowest BCUT2D eigenvalue weighted by molar-refractivity contribution is 0.327. The Labute approximate surface area is 228 Å². The van der Waals surface area contributed by atoms with Crippen molar-refractivity contribution in [1.29, 1.82) is 0 Å². The van der Waals surface area contributed by atoms with Crippen molar-refractivity contribution in [1.82, 2.24) is 34.7 Å². The zero-order chi connectivity index (χ0) is 28.3. The number of anilines is 1. The van der Waals surface area contributed by atoms with E-state index in [0.717, 1.165) is 12.4 Å².